The summed E-state index contributed by atoms with van der Waals surface area (Å²) in [6.07, 6.45) is 0.494. The first kappa shape index (κ1) is 14.4. The minimum absolute atomic E-state index is 0.0626. The van der Waals surface area contributed by atoms with Gasteiger partial charge in [0.25, 0.3) is 0 Å². The van der Waals surface area contributed by atoms with Crippen molar-refractivity contribution in [2.75, 3.05) is 26.7 Å². The van der Waals surface area contributed by atoms with E-state index in [1.165, 1.54) is 0 Å². The van der Waals surface area contributed by atoms with Crippen LogP contribution in [0.4, 0.5) is 0 Å². The number of amides is 1. The molecule has 15 heavy (non-hydrogen) atoms. The number of hydrogen-bond donors (Lipinski definition) is 2. The Labute approximate surface area is 93.2 Å². The lowest BCUT2D eigenvalue weighted by molar-refractivity contribution is -0.121. The zero-order chi connectivity index (χ0) is 11.8. The number of carbonyl (C=O) groups excluding carboxylic acids is 1. The van der Waals surface area contributed by atoms with Gasteiger partial charge in [-0.15, -0.1) is 0 Å². The minimum Gasteiger partial charge on any atom is -0.359 e. The van der Waals surface area contributed by atoms with E-state index in [4.69, 9.17) is 5.73 Å². The van der Waals surface area contributed by atoms with Crippen molar-refractivity contribution in [1.29, 1.82) is 0 Å². The Morgan fingerprint density at radius 1 is 1.47 bits per heavy atom. The van der Waals surface area contributed by atoms with Crippen LogP contribution in [0.5, 0.6) is 0 Å². The highest BCUT2D eigenvalue weighted by molar-refractivity contribution is 5.76. The number of nitrogens with zero attached hydrogens (tertiary/aromatic N) is 1. The Bertz CT molecular complexity index is 183. The van der Waals surface area contributed by atoms with E-state index in [9.17, 15) is 4.79 Å². The Morgan fingerprint density at radius 3 is 2.40 bits per heavy atom. The van der Waals surface area contributed by atoms with Gasteiger partial charge in [-0.25, -0.2) is 0 Å². The molecule has 3 N–H and O–H groups in total. The second-order valence-electron chi connectivity index (χ2n) is 4.25. The van der Waals surface area contributed by atoms with Crippen molar-refractivity contribution in [3.05, 3.63) is 0 Å². The van der Waals surface area contributed by atoms with Gasteiger partial charge in [0.15, 0.2) is 0 Å². The van der Waals surface area contributed by atoms with Crippen LogP contribution in [0.2, 0.25) is 0 Å². The normalized spacial score (nSPS) is 13.3. The molecule has 0 bridgehead atoms. The van der Waals surface area contributed by atoms with E-state index in [1.54, 1.807) is 7.05 Å². The maximum absolute atomic E-state index is 11.3. The van der Waals surface area contributed by atoms with Crippen molar-refractivity contribution in [1.82, 2.24) is 10.2 Å². The molecule has 0 aromatic carbocycles. The number of hydrogen-bond acceptors (Lipinski definition) is 3. The summed E-state index contributed by atoms with van der Waals surface area (Å²) in [4.78, 5) is 13.6. The number of likely N-dealkylation sites (N-methyl/N-ethyl adjacent to an activating group) is 1. The van der Waals surface area contributed by atoms with Gasteiger partial charge in [-0.3, -0.25) is 9.69 Å². The molecule has 4 heteroatoms. The van der Waals surface area contributed by atoms with E-state index in [0.29, 0.717) is 18.9 Å². The SMILES string of the molecule is CCN(CC(C)C)C(CN)CC(=O)NC. The van der Waals surface area contributed by atoms with Crippen LogP contribution in [0.3, 0.4) is 0 Å². The average molecular weight is 215 g/mol. The summed E-state index contributed by atoms with van der Waals surface area (Å²) in [7, 11) is 1.66. The van der Waals surface area contributed by atoms with Gasteiger partial charge in [0, 0.05) is 32.6 Å². The third kappa shape index (κ3) is 5.74. The van der Waals surface area contributed by atoms with Crippen LogP contribution in [0.15, 0.2) is 0 Å². The Hall–Kier alpha value is -0.610. The van der Waals surface area contributed by atoms with Crippen LogP contribution >= 0.6 is 0 Å². The van der Waals surface area contributed by atoms with Crippen molar-refractivity contribution in [3.8, 4) is 0 Å². The summed E-state index contributed by atoms with van der Waals surface area (Å²) in [5.41, 5.74) is 5.71. The zero-order valence-corrected chi connectivity index (χ0v) is 10.4. The summed E-state index contributed by atoms with van der Waals surface area (Å²) < 4.78 is 0. The molecule has 0 aromatic heterocycles. The molecular formula is C11H25N3O. The number of nitrogens with one attached hydrogen (secondary N) is 1. The van der Waals surface area contributed by atoms with Gasteiger partial charge in [-0.1, -0.05) is 20.8 Å². The van der Waals surface area contributed by atoms with Gasteiger partial charge >= 0.3 is 0 Å². The standard InChI is InChI=1S/C11H25N3O/c1-5-14(8-9(2)3)10(7-12)6-11(15)13-4/h9-10H,5-8,12H2,1-4H3,(H,13,15). The molecule has 0 rings (SSSR count). The Morgan fingerprint density at radius 2 is 2.07 bits per heavy atom. The second kappa shape index (κ2) is 7.65. The number of carbonyl (C=O) groups is 1. The van der Waals surface area contributed by atoms with Gasteiger partial charge in [0.1, 0.15) is 0 Å². The van der Waals surface area contributed by atoms with E-state index in [-0.39, 0.29) is 11.9 Å². The van der Waals surface area contributed by atoms with Gasteiger partial charge in [-0.05, 0) is 12.5 Å². The first-order valence-corrected chi connectivity index (χ1v) is 5.69. The summed E-state index contributed by atoms with van der Waals surface area (Å²) in [5.74, 6) is 0.663. The average Bonchev–Trinajstić information content (AvgIpc) is 2.22. The lowest BCUT2D eigenvalue weighted by Crippen LogP contribution is -2.45. The first-order valence-electron chi connectivity index (χ1n) is 5.69. The molecule has 0 saturated heterocycles. The maximum Gasteiger partial charge on any atom is 0.221 e. The Balaban J connectivity index is 4.26. The van der Waals surface area contributed by atoms with E-state index in [1.807, 2.05) is 0 Å². The third-order valence-corrected chi connectivity index (χ3v) is 2.49. The predicted molar refractivity (Wildman–Crippen MR) is 63.6 cm³/mol. The lowest BCUT2D eigenvalue weighted by atomic mass is 10.1. The molecule has 4 nitrogen and oxygen atoms in total. The number of rotatable bonds is 7. The van der Waals surface area contributed by atoms with Crippen LogP contribution in [0.1, 0.15) is 27.2 Å². The molecule has 0 spiro atoms. The highest BCUT2D eigenvalue weighted by Crippen LogP contribution is 2.07. The van der Waals surface area contributed by atoms with Gasteiger partial charge in [-0.2, -0.15) is 0 Å². The van der Waals surface area contributed by atoms with E-state index >= 15 is 0 Å². The van der Waals surface area contributed by atoms with Gasteiger partial charge in [0.2, 0.25) is 5.91 Å². The fraction of sp³-hybridized carbons (Fsp3) is 0.909. The topological polar surface area (TPSA) is 58.4 Å². The fourth-order valence-corrected chi connectivity index (χ4v) is 1.68. The third-order valence-electron chi connectivity index (χ3n) is 2.49. The molecular weight excluding hydrogens is 190 g/mol. The van der Waals surface area contributed by atoms with Gasteiger partial charge < -0.3 is 11.1 Å². The van der Waals surface area contributed by atoms with E-state index < -0.39 is 0 Å². The molecule has 0 aliphatic carbocycles. The van der Waals surface area contributed by atoms with Crippen molar-refractivity contribution >= 4 is 5.91 Å². The zero-order valence-electron chi connectivity index (χ0n) is 10.4. The van der Waals surface area contributed by atoms with Crippen molar-refractivity contribution in [2.24, 2.45) is 11.7 Å². The first-order chi connectivity index (χ1) is 7.04. The molecule has 0 radical (unpaired) electrons. The molecule has 0 aliphatic rings. The number of nitrogens with two attached hydrogens (primary N) is 1. The highest BCUT2D eigenvalue weighted by Gasteiger charge is 2.18. The highest BCUT2D eigenvalue weighted by atomic mass is 16.1. The molecule has 1 unspecified atom stereocenters. The van der Waals surface area contributed by atoms with Crippen LogP contribution in [0, 0.1) is 5.92 Å². The summed E-state index contributed by atoms with van der Waals surface area (Å²) in [6, 6.07) is 0.164. The monoisotopic (exact) mass is 215 g/mol. The molecule has 0 aliphatic heterocycles. The molecule has 0 fully saturated rings. The summed E-state index contributed by atoms with van der Waals surface area (Å²) in [5, 5.41) is 2.64. The summed E-state index contributed by atoms with van der Waals surface area (Å²) >= 11 is 0. The van der Waals surface area contributed by atoms with E-state index in [2.05, 4.69) is 31.0 Å². The minimum atomic E-state index is 0.0626. The van der Waals surface area contributed by atoms with Crippen LogP contribution in [-0.4, -0.2) is 43.5 Å². The maximum atomic E-state index is 11.3. The largest absolute Gasteiger partial charge is 0.359 e. The lowest BCUT2D eigenvalue weighted by Gasteiger charge is -2.30. The molecule has 1 atom stereocenters. The van der Waals surface area contributed by atoms with E-state index in [0.717, 1.165) is 13.1 Å². The van der Waals surface area contributed by atoms with Crippen LogP contribution in [-0.2, 0) is 4.79 Å². The second-order valence-corrected chi connectivity index (χ2v) is 4.25. The molecule has 0 heterocycles. The van der Waals surface area contributed by atoms with Gasteiger partial charge in [0.05, 0.1) is 0 Å². The molecule has 90 valence electrons. The smallest absolute Gasteiger partial charge is 0.221 e. The van der Waals surface area contributed by atoms with Crippen LogP contribution < -0.4 is 11.1 Å². The Kier molecular flexibility index (Phi) is 7.34. The van der Waals surface area contributed by atoms with Crippen LogP contribution in [0.25, 0.3) is 0 Å². The quantitative estimate of drug-likeness (QED) is 0.647. The molecule has 0 aromatic rings. The fourth-order valence-electron chi connectivity index (χ4n) is 1.68. The summed E-state index contributed by atoms with van der Waals surface area (Å²) in [6.45, 7) is 8.93. The molecule has 0 saturated carbocycles. The molecule has 1 amide bonds. The van der Waals surface area contributed by atoms with Crippen molar-refractivity contribution in [2.45, 2.75) is 33.2 Å². The van der Waals surface area contributed by atoms with Crippen molar-refractivity contribution in [3.63, 3.8) is 0 Å². The predicted octanol–water partition coefficient (Wildman–Crippen LogP) is 0.428. The van der Waals surface area contributed by atoms with Crippen molar-refractivity contribution < 1.29 is 4.79 Å².